The van der Waals surface area contributed by atoms with Gasteiger partial charge < -0.3 is 5.73 Å². The largest absolute Gasteiger partial charge is 0.343 e. The van der Waals surface area contributed by atoms with Crippen LogP contribution in [0.15, 0.2) is 33.3 Å². The summed E-state index contributed by atoms with van der Waals surface area (Å²) in [6, 6.07) is 4.02. The van der Waals surface area contributed by atoms with Gasteiger partial charge in [-0.1, -0.05) is 13.0 Å². The molecule has 0 fully saturated rings. The molecule has 2 aromatic heterocycles. The van der Waals surface area contributed by atoms with Crippen molar-refractivity contribution >= 4 is 11.8 Å². The third-order valence-electron chi connectivity index (χ3n) is 2.88. The molecule has 1 unspecified atom stereocenters. The quantitative estimate of drug-likeness (QED) is 0.850. The Morgan fingerprint density at radius 2 is 2.37 bits per heavy atom. The highest BCUT2D eigenvalue weighted by Gasteiger charge is 2.12. The molecule has 0 saturated carbocycles. The topological polar surface area (TPSA) is 89.6 Å². The SMILES string of the molecule is CCC(N)Cc1cccnc1Sc1n[nH]c(=O)n1C. The summed E-state index contributed by atoms with van der Waals surface area (Å²) in [6.07, 6.45) is 3.42. The number of pyridine rings is 1. The lowest BCUT2D eigenvalue weighted by Crippen LogP contribution is -2.21. The minimum atomic E-state index is -0.231. The molecule has 0 aromatic carbocycles. The molecule has 0 bridgehead atoms. The molecule has 3 N–H and O–H groups in total. The van der Waals surface area contributed by atoms with Crippen LogP contribution < -0.4 is 11.4 Å². The van der Waals surface area contributed by atoms with Crippen LogP contribution in [-0.4, -0.2) is 25.8 Å². The molecule has 0 radical (unpaired) electrons. The van der Waals surface area contributed by atoms with Crippen molar-refractivity contribution in [3.63, 3.8) is 0 Å². The second kappa shape index (κ2) is 6.03. The molecule has 0 spiro atoms. The molecule has 0 saturated heterocycles. The van der Waals surface area contributed by atoms with Crippen LogP contribution in [0.5, 0.6) is 0 Å². The zero-order chi connectivity index (χ0) is 13.8. The minimum absolute atomic E-state index is 0.117. The summed E-state index contributed by atoms with van der Waals surface area (Å²) in [5, 5.41) is 7.81. The Morgan fingerprint density at radius 3 is 3.00 bits per heavy atom. The molecule has 0 aliphatic carbocycles. The maximum Gasteiger partial charge on any atom is 0.343 e. The third kappa shape index (κ3) is 3.24. The summed E-state index contributed by atoms with van der Waals surface area (Å²) < 4.78 is 1.46. The van der Waals surface area contributed by atoms with E-state index in [1.807, 2.05) is 12.1 Å². The molecule has 19 heavy (non-hydrogen) atoms. The van der Waals surface area contributed by atoms with Crippen LogP contribution in [0.3, 0.4) is 0 Å². The van der Waals surface area contributed by atoms with Gasteiger partial charge in [0.25, 0.3) is 0 Å². The van der Waals surface area contributed by atoms with Gasteiger partial charge in [0, 0.05) is 19.3 Å². The van der Waals surface area contributed by atoms with Crippen LogP contribution in [0.1, 0.15) is 18.9 Å². The zero-order valence-electron chi connectivity index (χ0n) is 11.0. The maximum atomic E-state index is 11.3. The highest BCUT2D eigenvalue weighted by molar-refractivity contribution is 7.99. The van der Waals surface area contributed by atoms with E-state index in [2.05, 4.69) is 22.1 Å². The second-order valence-corrected chi connectivity index (χ2v) is 5.27. The lowest BCUT2D eigenvalue weighted by molar-refractivity contribution is 0.637. The first kappa shape index (κ1) is 13.8. The van der Waals surface area contributed by atoms with E-state index in [-0.39, 0.29) is 11.7 Å². The number of hydrogen-bond acceptors (Lipinski definition) is 5. The summed E-state index contributed by atoms with van der Waals surface area (Å²) in [6.45, 7) is 2.06. The van der Waals surface area contributed by atoms with E-state index < -0.39 is 0 Å². The van der Waals surface area contributed by atoms with Crippen molar-refractivity contribution in [2.75, 3.05) is 0 Å². The van der Waals surface area contributed by atoms with Gasteiger partial charge in [0.05, 0.1) is 0 Å². The zero-order valence-corrected chi connectivity index (χ0v) is 11.8. The van der Waals surface area contributed by atoms with Gasteiger partial charge in [-0.25, -0.2) is 14.9 Å². The van der Waals surface area contributed by atoms with Crippen molar-refractivity contribution in [1.82, 2.24) is 19.7 Å². The van der Waals surface area contributed by atoms with E-state index in [0.29, 0.717) is 5.16 Å². The molecule has 102 valence electrons. The van der Waals surface area contributed by atoms with Crippen molar-refractivity contribution in [3.8, 4) is 0 Å². The highest BCUT2D eigenvalue weighted by atomic mass is 32.2. The second-order valence-electron chi connectivity index (χ2n) is 4.31. The molecular weight excluding hydrogens is 262 g/mol. The molecule has 2 aromatic rings. The number of nitrogens with two attached hydrogens (primary N) is 1. The molecule has 2 rings (SSSR count). The number of rotatable bonds is 5. The predicted molar refractivity (Wildman–Crippen MR) is 74.2 cm³/mol. The Balaban J connectivity index is 2.25. The Kier molecular flexibility index (Phi) is 4.39. The normalized spacial score (nSPS) is 12.6. The van der Waals surface area contributed by atoms with Gasteiger partial charge in [0.2, 0.25) is 0 Å². The molecule has 1 atom stereocenters. The Hall–Kier alpha value is -1.60. The van der Waals surface area contributed by atoms with Crippen LogP contribution in [0.4, 0.5) is 0 Å². The van der Waals surface area contributed by atoms with E-state index in [1.54, 1.807) is 13.2 Å². The van der Waals surface area contributed by atoms with Gasteiger partial charge in [-0.15, -0.1) is 5.10 Å². The van der Waals surface area contributed by atoms with E-state index in [4.69, 9.17) is 5.73 Å². The number of nitrogens with zero attached hydrogens (tertiary/aromatic N) is 3. The van der Waals surface area contributed by atoms with Gasteiger partial charge in [0.15, 0.2) is 5.16 Å². The predicted octanol–water partition coefficient (Wildman–Crippen LogP) is 0.934. The number of H-pyrrole nitrogens is 1. The average molecular weight is 279 g/mol. The maximum absolute atomic E-state index is 11.3. The molecular formula is C12H17N5OS. The van der Waals surface area contributed by atoms with Crippen LogP contribution in [0.2, 0.25) is 0 Å². The van der Waals surface area contributed by atoms with E-state index in [9.17, 15) is 4.79 Å². The smallest absolute Gasteiger partial charge is 0.327 e. The lowest BCUT2D eigenvalue weighted by Gasteiger charge is -2.11. The monoisotopic (exact) mass is 279 g/mol. The highest BCUT2D eigenvalue weighted by Crippen LogP contribution is 2.26. The fourth-order valence-electron chi connectivity index (χ4n) is 1.61. The van der Waals surface area contributed by atoms with Gasteiger partial charge in [-0.3, -0.25) is 4.57 Å². The first-order valence-corrected chi connectivity index (χ1v) is 6.92. The fourth-order valence-corrected chi connectivity index (χ4v) is 2.49. The Morgan fingerprint density at radius 1 is 1.58 bits per heavy atom. The third-order valence-corrected chi connectivity index (χ3v) is 3.99. The van der Waals surface area contributed by atoms with Crippen molar-refractivity contribution in [1.29, 1.82) is 0 Å². The fraction of sp³-hybridized carbons (Fsp3) is 0.417. The van der Waals surface area contributed by atoms with Crippen LogP contribution >= 0.6 is 11.8 Å². The molecule has 6 nitrogen and oxygen atoms in total. The van der Waals surface area contributed by atoms with E-state index >= 15 is 0 Å². The molecule has 0 aliphatic rings. The molecule has 2 heterocycles. The van der Waals surface area contributed by atoms with Gasteiger partial charge >= 0.3 is 5.69 Å². The number of hydrogen-bond donors (Lipinski definition) is 2. The summed E-state index contributed by atoms with van der Waals surface area (Å²) in [5.74, 6) is 0. The lowest BCUT2D eigenvalue weighted by atomic mass is 10.1. The van der Waals surface area contributed by atoms with Gasteiger partial charge in [0.1, 0.15) is 5.03 Å². The minimum Gasteiger partial charge on any atom is -0.327 e. The van der Waals surface area contributed by atoms with Crippen LogP contribution in [0, 0.1) is 0 Å². The molecule has 0 aliphatic heterocycles. The summed E-state index contributed by atoms with van der Waals surface area (Å²) >= 11 is 1.37. The van der Waals surface area contributed by atoms with Crippen molar-refractivity contribution < 1.29 is 0 Å². The first-order valence-electron chi connectivity index (χ1n) is 6.10. The van der Waals surface area contributed by atoms with Crippen LogP contribution in [-0.2, 0) is 13.5 Å². The Labute approximate surface area is 115 Å². The van der Waals surface area contributed by atoms with E-state index in [0.717, 1.165) is 23.4 Å². The first-order chi connectivity index (χ1) is 9.11. The standard InChI is InChI=1S/C12H17N5OS/c1-3-9(13)7-8-5-4-6-14-10(8)19-12-16-15-11(18)17(12)2/h4-6,9H,3,7,13H2,1-2H3,(H,15,18). The summed E-state index contributed by atoms with van der Waals surface area (Å²) in [7, 11) is 1.68. The van der Waals surface area contributed by atoms with Crippen LogP contribution in [0.25, 0.3) is 0 Å². The number of nitrogens with one attached hydrogen (secondary N) is 1. The molecule has 0 amide bonds. The number of aromatic amines is 1. The average Bonchev–Trinajstić information content (AvgIpc) is 2.73. The Bertz CT molecular complexity index is 606. The van der Waals surface area contributed by atoms with Crippen molar-refractivity contribution in [2.45, 2.75) is 36.0 Å². The number of aromatic nitrogens is 4. The van der Waals surface area contributed by atoms with Gasteiger partial charge in [-0.2, -0.15) is 0 Å². The van der Waals surface area contributed by atoms with Crippen molar-refractivity contribution in [3.05, 3.63) is 34.4 Å². The summed E-state index contributed by atoms with van der Waals surface area (Å²) in [5.41, 5.74) is 6.84. The van der Waals surface area contributed by atoms with E-state index in [1.165, 1.54) is 16.3 Å². The summed E-state index contributed by atoms with van der Waals surface area (Å²) in [4.78, 5) is 15.7. The molecule has 7 heteroatoms. The van der Waals surface area contributed by atoms with Crippen molar-refractivity contribution in [2.24, 2.45) is 12.8 Å². The van der Waals surface area contributed by atoms with Gasteiger partial charge in [-0.05, 0) is 36.2 Å².